The minimum atomic E-state index is -0.437. The van der Waals surface area contributed by atoms with Gasteiger partial charge in [-0.25, -0.2) is 0 Å². The molecule has 0 aromatic carbocycles. The molecule has 2 amide bonds. The number of nitrogens with two attached hydrogens (primary N) is 2. The monoisotopic (exact) mass is 250 g/mol. The molecule has 0 radical (unpaired) electrons. The van der Waals surface area contributed by atoms with Gasteiger partial charge >= 0.3 is 0 Å². The molecule has 2 unspecified atom stereocenters. The molecule has 0 aromatic rings. The van der Waals surface area contributed by atoms with E-state index in [1.165, 1.54) is 0 Å². The smallest absolute Gasteiger partial charge is 0.244 e. The quantitative estimate of drug-likeness (QED) is 0.702. The summed E-state index contributed by atoms with van der Waals surface area (Å²) in [6.07, 6.45) is 5.62. The van der Waals surface area contributed by atoms with Crippen molar-refractivity contribution in [3.8, 4) is 0 Å². The van der Waals surface area contributed by atoms with Crippen molar-refractivity contribution in [1.29, 1.82) is 0 Å². The Kier molecular flexibility index (Phi) is 5.13. The fourth-order valence-electron chi connectivity index (χ4n) is 2.66. The first-order valence-corrected chi connectivity index (χ1v) is 6.37. The molecule has 1 aliphatic carbocycles. The second-order valence-corrected chi connectivity index (χ2v) is 5.15. The minimum absolute atomic E-state index is 0.356. The van der Waals surface area contributed by atoms with Crippen molar-refractivity contribution in [3.05, 3.63) is 24.3 Å². The van der Waals surface area contributed by atoms with Crippen molar-refractivity contribution in [3.63, 3.8) is 0 Å². The van der Waals surface area contributed by atoms with E-state index in [0.717, 1.165) is 25.7 Å². The Morgan fingerprint density at radius 2 is 1.22 bits per heavy atom. The number of carbonyl (C=O) groups is 2. The van der Waals surface area contributed by atoms with Crippen molar-refractivity contribution in [1.82, 2.24) is 0 Å². The van der Waals surface area contributed by atoms with Crippen LogP contribution in [0.5, 0.6) is 0 Å². The van der Waals surface area contributed by atoms with Gasteiger partial charge in [-0.1, -0.05) is 26.0 Å². The molecule has 4 N–H and O–H groups in total. The van der Waals surface area contributed by atoms with Crippen LogP contribution in [0.1, 0.15) is 38.5 Å². The van der Waals surface area contributed by atoms with Crippen LogP contribution in [-0.2, 0) is 9.59 Å². The van der Waals surface area contributed by atoms with Crippen LogP contribution in [0.15, 0.2) is 24.3 Å². The average molecular weight is 250 g/mol. The lowest BCUT2D eigenvalue weighted by atomic mass is 9.73. The summed E-state index contributed by atoms with van der Waals surface area (Å²) in [6, 6.07) is 0. The summed E-state index contributed by atoms with van der Waals surface area (Å²) in [5.74, 6) is -0.161. The van der Waals surface area contributed by atoms with Gasteiger partial charge in [0, 0.05) is 11.1 Å². The molecule has 1 fully saturated rings. The lowest BCUT2D eigenvalue weighted by molar-refractivity contribution is -0.115. The first kappa shape index (κ1) is 14.5. The van der Waals surface area contributed by atoms with E-state index in [2.05, 4.69) is 13.2 Å². The molecular weight excluding hydrogens is 228 g/mol. The standard InChI is InChI=1S/C14H22N2O2/c1-9(13(15)17)7-11-5-3-4-6-12(11)8-10(2)14(16)18/h11-12H,1-8H2,(H2,15,17)(H2,16,18). The Morgan fingerprint density at radius 3 is 1.50 bits per heavy atom. The van der Waals surface area contributed by atoms with Crippen LogP contribution in [0.3, 0.4) is 0 Å². The third-order valence-electron chi connectivity index (χ3n) is 3.78. The third kappa shape index (κ3) is 4.02. The highest BCUT2D eigenvalue weighted by Crippen LogP contribution is 2.37. The molecule has 0 bridgehead atoms. The maximum absolute atomic E-state index is 11.0. The summed E-state index contributed by atoms with van der Waals surface area (Å²) in [5, 5.41) is 0. The Morgan fingerprint density at radius 1 is 0.889 bits per heavy atom. The summed E-state index contributed by atoms with van der Waals surface area (Å²) in [6.45, 7) is 7.42. The summed E-state index contributed by atoms with van der Waals surface area (Å²) >= 11 is 0. The van der Waals surface area contributed by atoms with E-state index in [9.17, 15) is 9.59 Å². The van der Waals surface area contributed by atoms with Gasteiger partial charge in [0.2, 0.25) is 11.8 Å². The number of primary amides is 2. The molecule has 1 rings (SSSR count). The Labute approximate surface area is 108 Å². The third-order valence-corrected chi connectivity index (χ3v) is 3.78. The molecule has 100 valence electrons. The van der Waals surface area contributed by atoms with E-state index in [0.29, 0.717) is 35.8 Å². The molecule has 1 aliphatic rings. The number of amides is 2. The van der Waals surface area contributed by atoms with Crippen molar-refractivity contribution in [2.45, 2.75) is 38.5 Å². The fraction of sp³-hybridized carbons (Fsp3) is 0.571. The van der Waals surface area contributed by atoms with Gasteiger partial charge in [0.25, 0.3) is 0 Å². The van der Waals surface area contributed by atoms with Crippen LogP contribution in [0.2, 0.25) is 0 Å². The van der Waals surface area contributed by atoms with Gasteiger partial charge in [-0.3, -0.25) is 9.59 Å². The van der Waals surface area contributed by atoms with E-state index >= 15 is 0 Å². The summed E-state index contributed by atoms with van der Waals surface area (Å²) in [4.78, 5) is 22.1. The van der Waals surface area contributed by atoms with Crippen LogP contribution in [0.25, 0.3) is 0 Å². The SMILES string of the molecule is C=C(CC1CCCCC1CC(=C)C(N)=O)C(N)=O. The molecule has 0 spiro atoms. The number of hydrogen-bond donors (Lipinski definition) is 2. The lowest BCUT2D eigenvalue weighted by Gasteiger charge is -2.32. The van der Waals surface area contributed by atoms with Gasteiger partial charge in [-0.15, -0.1) is 0 Å². The number of rotatable bonds is 6. The van der Waals surface area contributed by atoms with Crippen LogP contribution in [-0.4, -0.2) is 11.8 Å². The van der Waals surface area contributed by atoms with E-state index in [1.54, 1.807) is 0 Å². The second-order valence-electron chi connectivity index (χ2n) is 5.15. The normalized spacial score (nSPS) is 23.3. The van der Waals surface area contributed by atoms with Gasteiger partial charge in [0.1, 0.15) is 0 Å². The van der Waals surface area contributed by atoms with Crippen LogP contribution < -0.4 is 11.5 Å². The zero-order chi connectivity index (χ0) is 13.7. The summed E-state index contributed by atoms with van der Waals surface area (Å²) in [7, 11) is 0. The molecular formula is C14H22N2O2. The topological polar surface area (TPSA) is 86.2 Å². The van der Waals surface area contributed by atoms with E-state index in [-0.39, 0.29) is 0 Å². The number of hydrogen-bond acceptors (Lipinski definition) is 2. The molecule has 18 heavy (non-hydrogen) atoms. The average Bonchev–Trinajstić information content (AvgIpc) is 2.31. The highest BCUT2D eigenvalue weighted by molar-refractivity contribution is 5.91. The second kappa shape index (κ2) is 6.38. The predicted molar refractivity (Wildman–Crippen MR) is 71.4 cm³/mol. The van der Waals surface area contributed by atoms with Gasteiger partial charge in [-0.05, 0) is 37.5 Å². The van der Waals surface area contributed by atoms with Gasteiger partial charge in [0.15, 0.2) is 0 Å². The van der Waals surface area contributed by atoms with E-state index < -0.39 is 11.8 Å². The minimum Gasteiger partial charge on any atom is -0.366 e. The van der Waals surface area contributed by atoms with Crippen molar-refractivity contribution >= 4 is 11.8 Å². The van der Waals surface area contributed by atoms with Gasteiger partial charge in [0.05, 0.1) is 0 Å². The maximum atomic E-state index is 11.0. The molecule has 1 saturated carbocycles. The largest absolute Gasteiger partial charge is 0.366 e. The fourth-order valence-corrected chi connectivity index (χ4v) is 2.66. The highest BCUT2D eigenvalue weighted by Gasteiger charge is 2.27. The Bertz CT molecular complexity index is 338. The van der Waals surface area contributed by atoms with E-state index in [1.807, 2.05) is 0 Å². The van der Waals surface area contributed by atoms with Gasteiger partial charge < -0.3 is 11.5 Å². The van der Waals surface area contributed by atoms with Crippen molar-refractivity contribution in [2.24, 2.45) is 23.3 Å². The van der Waals surface area contributed by atoms with E-state index in [4.69, 9.17) is 11.5 Å². The van der Waals surface area contributed by atoms with Crippen molar-refractivity contribution in [2.75, 3.05) is 0 Å². The van der Waals surface area contributed by atoms with Crippen LogP contribution in [0.4, 0.5) is 0 Å². The maximum Gasteiger partial charge on any atom is 0.244 e. The Hall–Kier alpha value is -1.58. The molecule has 4 heteroatoms. The van der Waals surface area contributed by atoms with Crippen LogP contribution >= 0.6 is 0 Å². The molecule has 0 heterocycles. The highest BCUT2D eigenvalue weighted by atomic mass is 16.1. The summed E-state index contributed by atoms with van der Waals surface area (Å²) in [5.41, 5.74) is 11.4. The molecule has 0 saturated heterocycles. The molecule has 4 nitrogen and oxygen atoms in total. The zero-order valence-electron chi connectivity index (χ0n) is 10.8. The molecule has 0 aromatic heterocycles. The zero-order valence-corrected chi connectivity index (χ0v) is 10.8. The first-order valence-electron chi connectivity index (χ1n) is 6.37. The first-order chi connectivity index (χ1) is 8.41. The molecule has 2 atom stereocenters. The predicted octanol–water partition coefficient (Wildman–Crippen LogP) is 1.66. The molecule has 0 aliphatic heterocycles. The lowest BCUT2D eigenvalue weighted by Crippen LogP contribution is -2.25. The van der Waals surface area contributed by atoms with Gasteiger partial charge in [-0.2, -0.15) is 0 Å². The van der Waals surface area contributed by atoms with Crippen molar-refractivity contribution < 1.29 is 9.59 Å². The van der Waals surface area contributed by atoms with Crippen LogP contribution in [0, 0.1) is 11.8 Å². The summed E-state index contributed by atoms with van der Waals surface area (Å²) < 4.78 is 0. The Balaban J connectivity index is 2.62. The number of carbonyl (C=O) groups excluding carboxylic acids is 2.